The molecule has 0 bridgehead atoms. The summed E-state index contributed by atoms with van der Waals surface area (Å²) in [5, 5.41) is -2.27. The third-order valence-electron chi connectivity index (χ3n) is 4.37. The van der Waals surface area contributed by atoms with E-state index in [0.717, 1.165) is 0 Å². The Bertz CT molecular complexity index is 408. The predicted octanol–water partition coefficient (Wildman–Crippen LogP) is 5.38. The molecule has 24 heavy (non-hydrogen) atoms. The molecular weight excluding hydrogens is 396 g/mol. The van der Waals surface area contributed by atoms with E-state index in [1.165, 1.54) is 0 Å². The molecule has 0 saturated heterocycles. The van der Waals surface area contributed by atoms with Gasteiger partial charge in [0.1, 0.15) is 17.9 Å². The maximum atomic E-state index is 15.2. The van der Waals surface area contributed by atoms with Crippen molar-refractivity contribution in [2.45, 2.75) is 82.9 Å². The Hall–Kier alpha value is 0.755. The van der Waals surface area contributed by atoms with Crippen LogP contribution in [-0.2, 0) is 9.47 Å². The Kier molecular flexibility index (Phi) is 8.45. The van der Waals surface area contributed by atoms with Crippen molar-refractivity contribution in [3.8, 4) is 0 Å². The Morgan fingerprint density at radius 3 is 1.88 bits per heavy atom. The van der Waals surface area contributed by atoms with E-state index in [-0.39, 0.29) is 6.61 Å². The molecule has 2 radical (unpaired) electrons. The molecule has 0 aromatic rings. The normalized spacial score (nSPS) is 19.2. The van der Waals surface area contributed by atoms with E-state index in [1.807, 2.05) is 36.9 Å². The summed E-state index contributed by atoms with van der Waals surface area (Å²) in [6, 6.07) is 0. The lowest BCUT2D eigenvalue weighted by molar-refractivity contribution is -0.108. The lowest BCUT2D eigenvalue weighted by atomic mass is 9.63. The largest absolute Gasteiger partial charge is 0.373 e. The van der Waals surface area contributed by atoms with Crippen molar-refractivity contribution in [2.24, 2.45) is 11.3 Å². The zero-order valence-electron chi connectivity index (χ0n) is 16.3. The van der Waals surface area contributed by atoms with Crippen molar-refractivity contribution in [3.63, 3.8) is 0 Å². The number of halogens is 3. The number of hydrogen-bond donors (Lipinski definition) is 0. The summed E-state index contributed by atoms with van der Waals surface area (Å²) in [7, 11) is 7.63. The Morgan fingerprint density at radius 2 is 1.50 bits per heavy atom. The molecule has 7 heteroatoms. The minimum absolute atomic E-state index is 0.278. The fraction of sp³-hybridized carbons (Fsp3) is 1.00. The van der Waals surface area contributed by atoms with E-state index in [2.05, 4.69) is 15.9 Å². The Balaban J connectivity index is 4.79. The molecule has 0 aromatic heterocycles. The van der Waals surface area contributed by atoms with Gasteiger partial charge in [0.2, 0.25) is 0 Å². The molecule has 0 aliphatic carbocycles. The first-order valence-corrected chi connectivity index (χ1v) is 9.65. The highest BCUT2D eigenvalue weighted by Crippen LogP contribution is 2.52. The van der Waals surface area contributed by atoms with Crippen molar-refractivity contribution >= 4 is 33.0 Å². The summed E-state index contributed by atoms with van der Waals surface area (Å²) in [6.07, 6.45) is 0.323. The molecule has 0 amide bonds. The fourth-order valence-corrected chi connectivity index (χ4v) is 2.68. The van der Waals surface area contributed by atoms with Gasteiger partial charge < -0.3 is 9.47 Å². The number of hydrogen-bond acceptors (Lipinski definition) is 2. The van der Waals surface area contributed by atoms with Crippen LogP contribution in [0.5, 0.6) is 0 Å². The van der Waals surface area contributed by atoms with Gasteiger partial charge in [-0.1, -0.05) is 52.9 Å². The Morgan fingerprint density at radius 1 is 1.04 bits per heavy atom. The second-order valence-electron chi connectivity index (χ2n) is 8.53. The van der Waals surface area contributed by atoms with Gasteiger partial charge in [-0.05, 0) is 40.0 Å². The molecule has 2 nitrogen and oxygen atoms in total. The van der Waals surface area contributed by atoms with E-state index < -0.39 is 32.4 Å². The highest BCUT2D eigenvalue weighted by molar-refractivity contribution is 9.10. The third-order valence-corrected chi connectivity index (χ3v) is 5.82. The van der Waals surface area contributed by atoms with Gasteiger partial charge in [0.25, 0.3) is 0 Å². The van der Waals surface area contributed by atoms with E-state index in [1.54, 1.807) is 27.7 Å². The third kappa shape index (κ3) is 6.81. The first kappa shape index (κ1) is 24.8. The predicted molar refractivity (Wildman–Crippen MR) is 105 cm³/mol. The molecule has 0 aromatic carbocycles. The van der Waals surface area contributed by atoms with Gasteiger partial charge in [0, 0.05) is 12.0 Å². The van der Waals surface area contributed by atoms with Crippen LogP contribution in [0.1, 0.15) is 61.8 Å². The fourth-order valence-electron chi connectivity index (χ4n) is 2.09. The average molecular weight is 429 g/mol. The Labute approximate surface area is 158 Å². The highest BCUT2D eigenvalue weighted by atomic mass is 79.9. The van der Waals surface area contributed by atoms with Gasteiger partial charge in [-0.25, -0.2) is 4.39 Å². The maximum Gasteiger partial charge on any atom is 0.153 e. The molecule has 0 heterocycles. The number of alkyl halides is 3. The van der Waals surface area contributed by atoms with Gasteiger partial charge in [0.15, 0.2) is 5.41 Å². The molecule has 3 unspecified atom stereocenters. The monoisotopic (exact) mass is 428 g/mol. The number of ether oxygens (including phenoxy) is 2. The van der Waals surface area contributed by atoms with Gasteiger partial charge in [-0.2, -0.15) is 0 Å². The summed E-state index contributed by atoms with van der Waals surface area (Å²) < 4.78 is 41.0. The molecule has 0 fully saturated rings. The van der Waals surface area contributed by atoms with Crippen molar-refractivity contribution in [3.05, 3.63) is 0 Å². The quantitative estimate of drug-likeness (QED) is 0.264. The molecule has 0 saturated carbocycles. The van der Waals surface area contributed by atoms with Crippen molar-refractivity contribution < 1.29 is 18.3 Å². The van der Waals surface area contributed by atoms with Gasteiger partial charge in [-0.3, -0.25) is 4.39 Å². The second-order valence-corrected chi connectivity index (χ2v) is 11.2. The minimum Gasteiger partial charge on any atom is -0.373 e. The first-order valence-electron chi connectivity index (χ1n) is 8.28. The van der Waals surface area contributed by atoms with Crippen LogP contribution in [0.2, 0.25) is 0 Å². The summed E-state index contributed by atoms with van der Waals surface area (Å²) in [5.74, 6) is -0.647. The molecule has 142 valence electrons. The summed E-state index contributed by atoms with van der Waals surface area (Å²) in [5.41, 5.74) is -3.99. The van der Waals surface area contributed by atoms with Gasteiger partial charge in [0.05, 0.1) is 12.2 Å². The van der Waals surface area contributed by atoms with Crippen LogP contribution in [0, 0.1) is 11.3 Å². The van der Waals surface area contributed by atoms with Crippen LogP contribution < -0.4 is 0 Å². The van der Waals surface area contributed by atoms with E-state index in [4.69, 9.17) is 17.3 Å². The van der Waals surface area contributed by atoms with Crippen LogP contribution in [0.15, 0.2) is 0 Å². The molecule has 0 aliphatic rings. The SMILES string of the molecule is [B]C(F)(C(C)C)C(F)(P)C(C)(C)CCOC(C)(C)COC(C)(C)Br. The molecule has 0 N–H and O–H groups in total. The van der Waals surface area contributed by atoms with Crippen LogP contribution in [0.25, 0.3) is 0 Å². The van der Waals surface area contributed by atoms with Crippen molar-refractivity contribution in [1.82, 2.24) is 0 Å². The molecule has 3 atom stereocenters. The van der Waals surface area contributed by atoms with Gasteiger partial charge >= 0.3 is 0 Å². The lowest BCUT2D eigenvalue weighted by Crippen LogP contribution is -2.56. The maximum absolute atomic E-state index is 15.2. The topological polar surface area (TPSA) is 18.5 Å². The van der Waals surface area contributed by atoms with Gasteiger partial charge in [-0.15, -0.1) is 0 Å². The average Bonchev–Trinajstić information content (AvgIpc) is 2.34. The highest BCUT2D eigenvalue weighted by Gasteiger charge is 2.56. The van der Waals surface area contributed by atoms with Crippen molar-refractivity contribution in [1.29, 1.82) is 0 Å². The molecular formula is C17H33BBrF2O2P. The van der Waals surface area contributed by atoms with Crippen LogP contribution in [0.3, 0.4) is 0 Å². The second kappa shape index (κ2) is 8.19. The minimum atomic E-state index is -2.44. The van der Waals surface area contributed by atoms with E-state index >= 15 is 4.39 Å². The number of rotatable bonds is 10. The first-order chi connectivity index (χ1) is 10.4. The van der Waals surface area contributed by atoms with Crippen LogP contribution in [-0.4, -0.2) is 42.1 Å². The van der Waals surface area contributed by atoms with E-state index in [0.29, 0.717) is 13.0 Å². The summed E-state index contributed by atoms with van der Waals surface area (Å²) in [4.78, 5) is 0. The van der Waals surface area contributed by atoms with Crippen LogP contribution >= 0.6 is 25.2 Å². The standard InChI is InChI=1S/C17H33BBrF2O2P/c1-12(2)16(18,20)17(21,24)13(3,4)9-10-22-14(5,6)11-23-15(7,8)19/h12H,9-11,24H2,1-8H3. The molecule has 0 aliphatic heterocycles. The molecule has 0 rings (SSSR count). The van der Waals surface area contributed by atoms with Crippen molar-refractivity contribution in [2.75, 3.05) is 13.2 Å². The van der Waals surface area contributed by atoms with Crippen LogP contribution in [0.4, 0.5) is 8.78 Å². The summed E-state index contributed by atoms with van der Waals surface area (Å²) >= 11 is 3.41. The zero-order chi connectivity index (χ0) is 19.6. The van der Waals surface area contributed by atoms with E-state index in [9.17, 15) is 4.39 Å². The smallest absolute Gasteiger partial charge is 0.153 e. The lowest BCUT2D eigenvalue weighted by Gasteiger charge is -2.48. The zero-order valence-corrected chi connectivity index (χ0v) is 19.0. The molecule has 0 spiro atoms. The summed E-state index contributed by atoms with van der Waals surface area (Å²) in [6.45, 7) is 14.7.